The highest BCUT2D eigenvalue weighted by atomic mass is 127. The third-order valence-corrected chi connectivity index (χ3v) is 5.04. The van der Waals surface area contributed by atoms with Crippen LogP contribution in [0.15, 0.2) is 29.3 Å². The van der Waals surface area contributed by atoms with Gasteiger partial charge in [0.05, 0.1) is 12.6 Å². The van der Waals surface area contributed by atoms with Crippen LogP contribution in [0.25, 0.3) is 0 Å². The molecule has 2 aromatic rings. The fourth-order valence-corrected chi connectivity index (χ4v) is 3.08. The van der Waals surface area contributed by atoms with Gasteiger partial charge in [0.2, 0.25) is 0 Å². The second-order valence-electron chi connectivity index (χ2n) is 7.17. The van der Waals surface area contributed by atoms with Gasteiger partial charge < -0.3 is 24.7 Å². The van der Waals surface area contributed by atoms with Gasteiger partial charge in [-0.3, -0.25) is 0 Å². The first-order valence-electron chi connectivity index (χ1n) is 9.92. The van der Waals surface area contributed by atoms with Crippen LogP contribution >= 0.6 is 35.6 Å². The normalized spacial score (nSPS) is 17.3. The molecule has 1 saturated heterocycles. The first kappa shape index (κ1) is 24.7. The smallest absolute Gasteiger partial charge is 0.191 e. The second kappa shape index (κ2) is 12.3. The number of halogens is 2. The average Bonchev–Trinajstić information content (AvgIpc) is 3.34. The second-order valence-corrected chi connectivity index (χ2v) is 7.60. The number of aryl methyl sites for hydroxylation is 1. The molecule has 2 unspecified atom stereocenters. The molecule has 8 nitrogen and oxygen atoms in total. The van der Waals surface area contributed by atoms with Crippen molar-refractivity contribution in [3.63, 3.8) is 0 Å². The quantitative estimate of drug-likeness (QED) is 0.300. The Balaban J connectivity index is 0.00000320. The molecule has 0 radical (unpaired) electrons. The number of guanidine groups is 1. The maximum absolute atomic E-state index is 5.93. The topological polar surface area (TPSA) is 85.6 Å². The lowest BCUT2D eigenvalue weighted by molar-refractivity contribution is 0.113. The minimum atomic E-state index is -0.0528. The summed E-state index contributed by atoms with van der Waals surface area (Å²) < 4.78 is 13.6. The number of hydrogen-bond acceptors (Lipinski definition) is 5. The number of nitrogens with zero attached hydrogens (tertiary/aromatic N) is 4. The van der Waals surface area contributed by atoms with Gasteiger partial charge in [-0.2, -0.15) is 0 Å². The van der Waals surface area contributed by atoms with E-state index in [0.717, 1.165) is 43.4 Å². The van der Waals surface area contributed by atoms with Crippen molar-refractivity contribution in [2.45, 2.75) is 45.4 Å². The van der Waals surface area contributed by atoms with E-state index in [2.05, 4.69) is 25.8 Å². The maximum Gasteiger partial charge on any atom is 0.191 e. The van der Waals surface area contributed by atoms with Gasteiger partial charge in [-0.1, -0.05) is 11.6 Å². The summed E-state index contributed by atoms with van der Waals surface area (Å²) in [5, 5.41) is 15.7. The Kier molecular flexibility index (Phi) is 10.1. The zero-order chi connectivity index (χ0) is 20.6. The van der Waals surface area contributed by atoms with Crippen LogP contribution in [-0.4, -0.2) is 52.6 Å². The van der Waals surface area contributed by atoms with Gasteiger partial charge in [0.25, 0.3) is 0 Å². The number of benzene rings is 1. The Hall–Kier alpha value is -1.59. The molecule has 0 bridgehead atoms. The van der Waals surface area contributed by atoms with Crippen LogP contribution in [0.5, 0.6) is 5.75 Å². The number of aliphatic imine (C=N–C) groups is 1. The molecular formula is C20H30ClIN6O2. The minimum absolute atomic E-state index is 0. The highest BCUT2D eigenvalue weighted by Crippen LogP contribution is 2.16. The number of rotatable bonds is 8. The Morgan fingerprint density at radius 3 is 2.73 bits per heavy atom. The molecule has 1 fully saturated rings. The van der Waals surface area contributed by atoms with Crippen LogP contribution in [0, 0.1) is 6.92 Å². The molecule has 3 rings (SSSR count). The van der Waals surface area contributed by atoms with Crippen LogP contribution < -0.4 is 15.4 Å². The first-order chi connectivity index (χ1) is 14.0. The molecule has 1 aliphatic rings. The number of ether oxygens (including phenoxy) is 2. The van der Waals surface area contributed by atoms with Crippen molar-refractivity contribution in [3.05, 3.63) is 40.9 Å². The lowest BCUT2D eigenvalue weighted by Crippen LogP contribution is -2.44. The van der Waals surface area contributed by atoms with Crippen molar-refractivity contribution >= 4 is 41.5 Å². The summed E-state index contributed by atoms with van der Waals surface area (Å²) in [5.74, 6) is 3.16. The molecule has 1 aliphatic heterocycles. The van der Waals surface area contributed by atoms with Crippen LogP contribution in [-0.2, 0) is 18.3 Å². The summed E-state index contributed by atoms with van der Waals surface area (Å²) in [7, 11) is 1.94. The van der Waals surface area contributed by atoms with Crippen molar-refractivity contribution < 1.29 is 9.47 Å². The summed E-state index contributed by atoms with van der Waals surface area (Å²) in [6, 6.07) is 7.35. The summed E-state index contributed by atoms with van der Waals surface area (Å²) in [6.07, 6.45) is 2.35. The Morgan fingerprint density at radius 1 is 1.33 bits per heavy atom. The van der Waals surface area contributed by atoms with E-state index in [-0.39, 0.29) is 36.2 Å². The molecule has 2 heterocycles. The van der Waals surface area contributed by atoms with E-state index in [1.165, 1.54) is 0 Å². The van der Waals surface area contributed by atoms with Gasteiger partial charge in [0.1, 0.15) is 24.2 Å². The van der Waals surface area contributed by atoms with E-state index >= 15 is 0 Å². The lowest BCUT2D eigenvalue weighted by Gasteiger charge is -2.19. The van der Waals surface area contributed by atoms with Crippen molar-refractivity contribution in [3.8, 4) is 5.75 Å². The monoisotopic (exact) mass is 548 g/mol. The van der Waals surface area contributed by atoms with Crippen molar-refractivity contribution in [2.75, 3.05) is 19.7 Å². The third kappa shape index (κ3) is 7.59. The van der Waals surface area contributed by atoms with Crippen LogP contribution in [0.1, 0.15) is 31.4 Å². The fourth-order valence-electron chi connectivity index (χ4n) is 2.96. The van der Waals surface area contributed by atoms with Crippen molar-refractivity contribution in [1.29, 1.82) is 0 Å². The van der Waals surface area contributed by atoms with Gasteiger partial charge in [-0.25, -0.2) is 4.99 Å². The summed E-state index contributed by atoms with van der Waals surface area (Å²) >= 11 is 5.92. The largest absolute Gasteiger partial charge is 0.489 e. The fraction of sp³-hybridized carbons (Fsp3) is 0.550. The first-order valence-corrected chi connectivity index (χ1v) is 10.3. The van der Waals surface area contributed by atoms with Crippen LogP contribution in [0.3, 0.4) is 0 Å². The Bertz CT molecular complexity index is 808. The minimum Gasteiger partial charge on any atom is -0.489 e. The predicted molar refractivity (Wildman–Crippen MR) is 129 cm³/mol. The molecule has 1 aromatic heterocycles. The van der Waals surface area contributed by atoms with E-state index in [4.69, 9.17) is 21.1 Å². The number of aromatic nitrogens is 3. The Labute approximate surface area is 199 Å². The van der Waals surface area contributed by atoms with Gasteiger partial charge >= 0.3 is 0 Å². The van der Waals surface area contributed by atoms with Gasteiger partial charge in [-0.15, -0.1) is 34.2 Å². The van der Waals surface area contributed by atoms with Crippen LogP contribution in [0.4, 0.5) is 0 Å². The highest BCUT2D eigenvalue weighted by molar-refractivity contribution is 14.0. The molecular weight excluding hydrogens is 519 g/mol. The molecule has 166 valence electrons. The van der Waals surface area contributed by atoms with E-state index in [9.17, 15) is 0 Å². The van der Waals surface area contributed by atoms with Crippen molar-refractivity contribution in [2.24, 2.45) is 12.0 Å². The average molecular weight is 549 g/mol. The lowest BCUT2D eigenvalue weighted by atomic mass is 10.2. The number of hydrogen-bond donors (Lipinski definition) is 2. The summed E-state index contributed by atoms with van der Waals surface area (Å²) in [4.78, 5) is 4.66. The van der Waals surface area contributed by atoms with E-state index in [0.29, 0.717) is 24.1 Å². The molecule has 0 saturated carbocycles. The highest BCUT2D eigenvalue weighted by Gasteiger charge is 2.16. The van der Waals surface area contributed by atoms with E-state index in [1.54, 1.807) is 0 Å². The van der Waals surface area contributed by atoms with Gasteiger partial charge in [0.15, 0.2) is 11.8 Å². The van der Waals surface area contributed by atoms with E-state index < -0.39 is 0 Å². The standard InChI is InChI=1S/C20H29ClN6O2.HI/c1-14(29-17-8-6-16(21)7-9-17)11-22-20(23-12-18-5-4-10-28-18)24-13-19-26-25-15(2)27(19)3;/h6-9,14,18H,4-5,10-13H2,1-3H3,(H2,22,23,24);1H. The van der Waals surface area contributed by atoms with Crippen molar-refractivity contribution in [1.82, 2.24) is 25.4 Å². The predicted octanol–water partition coefficient (Wildman–Crippen LogP) is 3.08. The van der Waals surface area contributed by atoms with Gasteiger partial charge in [0, 0.05) is 25.2 Å². The zero-order valence-electron chi connectivity index (χ0n) is 17.6. The third-order valence-electron chi connectivity index (χ3n) is 4.79. The number of nitrogens with one attached hydrogen (secondary N) is 2. The molecule has 10 heteroatoms. The molecule has 0 amide bonds. The van der Waals surface area contributed by atoms with Crippen LogP contribution in [0.2, 0.25) is 5.02 Å². The van der Waals surface area contributed by atoms with Gasteiger partial charge in [-0.05, 0) is 51.0 Å². The summed E-state index contributed by atoms with van der Waals surface area (Å²) in [6.45, 7) is 6.51. The molecule has 0 aliphatic carbocycles. The molecule has 2 atom stereocenters. The zero-order valence-corrected chi connectivity index (χ0v) is 20.7. The molecule has 0 spiro atoms. The maximum atomic E-state index is 5.93. The van der Waals surface area contributed by atoms with E-state index in [1.807, 2.05) is 49.7 Å². The SMILES string of the molecule is Cc1nnc(CN=C(NCC(C)Oc2ccc(Cl)cc2)NCC2CCCO2)n1C.I. The molecule has 30 heavy (non-hydrogen) atoms. The molecule has 2 N–H and O–H groups in total. The molecule has 1 aromatic carbocycles. The Morgan fingerprint density at radius 2 is 2.10 bits per heavy atom. The summed E-state index contributed by atoms with van der Waals surface area (Å²) in [5.41, 5.74) is 0.